The van der Waals surface area contributed by atoms with E-state index in [1.54, 1.807) is 24.3 Å². The zero-order chi connectivity index (χ0) is 24.5. The molecule has 0 amide bonds. The summed E-state index contributed by atoms with van der Waals surface area (Å²) in [6, 6.07) is 10.1. The highest BCUT2D eigenvalue weighted by atomic mass is 32.2. The fourth-order valence-corrected chi connectivity index (χ4v) is 5.18. The minimum absolute atomic E-state index is 0.0614. The van der Waals surface area contributed by atoms with E-state index in [1.807, 2.05) is 0 Å². The van der Waals surface area contributed by atoms with Gasteiger partial charge in [-0.05, 0) is 43.2 Å². The van der Waals surface area contributed by atoms with Crippen LogP contribution in [0.25, 0.3) is 10.9 Å². The second-order valence-corrected chi connectivity index (χ2v) is 9.65. The highest BCUT2D eigenvalue weighted by molar-refractivity contribution is 7.89. The van der Waals surface area contributed by atoms with Gasteiger partial charge in [0, 0.05) is 13.1 Å². The average molecular weight is 496 g/mol. The van der Waals surface area contributed by atoms with Crippen molar-refractivity contribution in [3.05, 3.63) is 64.4 Å². The number of aromatic nitrogens is 3. The molecule has 0 spiro atoms. The van der Waals surface area contributed by atoms with Gasteiger partial charge in [-0.2, -0.15) is 22.2 Å². The number of rotatable bonds is 5. The number of sulfonamides is 1. The number of fused-ring (bicyclic) bond motifs is 1. The number of alkyl halides is 3. The molecule has 0 unspecified atom stereocenters. The average Bonchev–Trinajstić information content (AvgIpc) is 2.83. The van der Waals surface area contributed by atoms with E-state index in [4.69, 9.17) is 4.74 Å². The third-order valence-electron chi connectivity index (χ3n) is 5.54. The van der Waals surface area contributed by atoms with Crippen molar-refractivity contribution in [3.63, 3.8) is 0 Å². The third-order valence-corrected chi connectivity index (χ3v) is 7.44. The van der Waals surface area contributed by atoms with Crippen LogP contribution in [0.2, 0.25) is 0 Å². The topological polar surface area (TPSA) is 111 Å². The summed E-state index contributed by atoms with van der Waals surface area (Å²) in [7, 11) is -4.16. The summed E-state index contributed by atoms with van der Waals surface area (Å²) in [5.41, 5.74) is -1.12. The maximum absolute atomic E-state index is 12.9. The number of halogens is 3. The summed E-state index contributed by atoms with van der Waals surface area (Å²) in [6.07, 6.45) is -4.43. The van der Waals surface area contributed by atoms with E-state index in [0.717, 1.165) is 27.2 Å². The maximum Gasteiger partial charge on any atom is 0.416 e. The van der Waals surface area contributed by atoms with Gasteiger partial charge in [0.05, 0.1) is 21.8 Å². The number of benzene rings is 2. The Morgan fingerprint density at radius 3 is 2.50 bits per heavy atom. The van der Waals surface area contributed by atoms with Crippen molar-refractivity contribution in [2.75, 3.05) is 13.1 Å². The fourth-order valence-electron chi connectivity index (χ4n) is 3.66. The quantitative estimate of drug-likeness (QED) is 0.499. The molecule has 0 saturated carbocycles. The molecule has 13 heteroatoms. The standard InChI is InChI=1S/C21H19F3N4O5S/c22-21(23,24)15-4-3-5-16(12-15)34(31,32)27-10-8-14(9-11-27)20(30)33-13-28-19(29)17-6-1-2-7-18(17)25-26-28/h1-7,12,14H,8-11,13H2. The van der Waals surface area contributed by atoms with Crippen LogP contribution in [0.15, 0.2) is 58.2 Å². The Labute approximate surface area is 191 Å². The summed E-state index contributed by atoms with van der Waals surface area (Å²) in [5, 5.41) is 7.95. The number of esters is 1. The molecule has 180 valence electrons. The zero-order valence-corrected chi connectivity index (χ0v) is 18.4. The van der Waals surface area contributed by atoms with Gasteiger partial charge < -0.3 is 4.74 Å². The Morgan fingerprint density at radius 1 is 1.09 bits per heavy atom. The van der Waals surface area contributed by atoms with E-state index in [-0.39, 0.29) is 25.9 Å². The summed E-state index contributed by atoms with van der Waals surface area (Å²) >= 11 is 0. The molecule has 0 radical (unpaired) electrons. The molecule has 1 aliphatic rings. The SMILES string of the molecule is O=C(OCn1nnc2ccccc2c1=O)C1CCN(S(=O)(=O)c2cccc(C(F)(F)F)c2)CC1. The lowest BCUT2D eigenvalue weighted by Crippen LogP contribution is -2.41. The van der Waals surface area contributed by atoms with Gasteiger partial charge in [0.15, 0.2) is 6.73 Å². The zero-order valence-electron chi connectivity index (χ0n) is 17.6. The van der Waals surface area contributed by atoms with Gasteiger partial charge in [-0.25, -0.2) is 8.42 Å². The molecule has 0 N–H and O–H groups in total. The van der Waals surface area contributed by atoms with Crippen LogP contribution in [-0.4, -0.2) is 46.8 Å². The lowest BCUT2D eigenvalue weighted by molar-refractivity contribution is -0.154. The third kappa shape index (κ3) is 4.80. The van der Waals surface area contributed by atoms with Crippen molar-refractivity contribution >= 4 is 26.9 Å². The van der Waals surface area contributed by atoms with E-state index < -0.39 is 50.8 Å². The van der Waals surface area contributed by atoms with Crippen LogP contribution >= 0.6 is 0 Å². The molecule has 34 heavy (non-hydrogen) atoms. The molecule has 0 aliphatic carbocycles. The van der Waals surface area contributed by atoms with Gasteiger partial charge in [0.2, 0.25) is 10.0 Å². The Balaban J connectivity index is 1.38. The first-order chi connectivity index (χ1) is 16.1. The minimum atomic E-state index is -4.67. The molecular formula is C21H19F3N4O5S. The smallest absolute Gasteiger partial charge is 0.416 e. The van der Waals surface area contributed by atoms with Crippen LogP contribution in [0.4, 0.5) is 13.2 Å². The molecule has 3 aromatic rings. The predicted molar refractivity (Wildman–Crippen MR) is 113 cm³/mol. The first-order valence-corrected chi connectivity index (χ1v) is 11.7. The summed E-state index contributed by atoms with van der Waals surface area (Å²) in [6.45, 7) is -0.569. The number of nitrogens with zero attached hydrogens (tertiary/aromatic N) is 4. The van der Waals surface area contributed by atoms with Crippen molar-refractivity contribution in [2.45, 2.75) is 30.6 Å². The molecule has 0 bridgehead atoms. The molecule has 2 heterocycles. The van der Waals surface area contributed by atoms with E-state index in [1.165, 1.54) is 0 Å². The van der Waals surface area contributed by atoms with Crippen LogP contribution in [0.3, 0.4) is 0 Å². The van der Waals surface area contributed by atoms with Crippen LogP contribution in [-0.2, 0) is 32.5 Å². The van der Waals surface area contributed by atoms with E-state index in [2.05, 4.69) is 10.3 Å². The fraction of sp³-hybridized carbons (Fsp3) is 0.333. The predicted octanol–water partition coefficient (Wildman–Crippen LogP) is 2.41. The lowest BCUT2D eigenvalue weighted by Gasteiger charge is -2.30. The minimum Gasteiger partial charge on any atom is -0.442 e. The maximum atomic E-state index is 12.9. The summed E-state index contributed by atoms with van der Waals surface area (Å²) in [4.78, 5) is 24.4. The van der Waals surface area contributed by atoms with Gasteiger partial charge in [-0.3, -0.25) is 9.59 Å². The van der Waals surface area contributed by atoms with Crippen LogP contribution in [0.5, 0.6) is 0 Å². The molecular weight excluding hydrogens is 477 g/mol. The number of ether oxygens (including phenoxy) is 1. The number of carbonyl (C=O) groups is 1. The van der Waals surface area contributed by atoms with Crippen molar-refractivity contribution in [2.24, 2.45) is 5.92 Å². The molecule has 9 nitrogen and oxygen atoms in total. The van der Waals surface area contributed by atoms with Crippen LogP contribution < -0.4 is 5.56 Å². The Hall–Kier alpha value is -3.32. The van der Waals surface area contributed by atoms with Crippen molar-refractivity contribution in [1.82, 2.24) is 19.3 Å². The highest BCUT2D eigenvalue weighted by Crippen LogP contribution is 2.32. The number of piperidine rings is 1. The van der Waals surface area contributed by atoms with Crippen molar-refractivity contribution in [3.8, 4) is 0 Å². The van der Waals surface area contributed by atoms with Gasteiger partial charge >= 0.3 is 12.1 Å². The van der Waals surface area contributed by atoms with Gasteiger partial charge in [-0.15, -0.1) is 5.10 Å². The molecule has 1 aromatic heterocycles. The summed E-state index contributed by atoms with van der Waals surface area (Å²) < 4.78 is 71.6. The van der Waals surface area contributed by atoms with Crippen LogP contribution in [0.1, 0.15) is 18.4 Å². The summed E-state index contributed by atoms with van der Waals surface area (Å²) in [5.74, 6) is -1.25. The molecule has 2 aromatic carbocycles. The molecule has 1 aliphatic heterocycles. The first-order valence-electron chi connectivity index (χ1n) is 10.2. The Bertz CT molecular complexity index is 1380. The lowest BCUT2D eigenvalue weighted by atomic mass is 9.99. The largest absolute Gasteiger partial charge is 0.442 e. The van der Waals surface area contributed by atoms with Crippen molar-refractivity contribution in [1.29, 1.82) is 0 Å². The molecule has 0 atom stereocenters. The number of hydrogen-bond acceptors (Lipinski definition) is 7. The van der Waals surface area contributed by atoms with Gasteiger partial charge in [-0.1, -0.05) is 23.4 Å². The van der Waals surface area contributed by atoms with Crippen LogP contribution in [0, 0.1) is 5.92 Å². The van der Waals surface area contributed by atoms with Gasteiger partial charge in [0.25, 0.3) is 5.56 Å². The highest BCUT2D eigenvalue weighted by Gasteiger charge is 2.35. The van der Waals surface area contributed by atoms with E-state index >= 15 is 0 Å². The second-order valence-electron chi connectivity index (χ2n) is 7.71. The monoisotopic (exact) mass is 496 g/mol. The molecule has 1 saturated heterocycles. The van der Waals surface area contributed by atoms with Gasteiger partial charge in [0.1, 0.15) is 5.52 Å². The normalized spacial score (nSPS) is 16.0. The number of carbonyl (C=O) groups excluding carboxylic acids is 1. The first kappa shape index (κ1) is 23.8. The second kappa shape index (κ2) is 9.14. The Kier molecular flexibility index (Phi) is 6.41. The number of hydrogen-bond donors (Lipinski definition) is 0. The van der Waals surface area contributed by atoms with E-state index in [9.17, 15) is 31.2 Å². The van der Waals surface area contributed by atoms with E-state index in [0.29, 0.717) is 17.0 Å². The Morgan fingerprint density at radius 2 is 1.79 bits per heavy atom. The molecule has 4 rings (SSSR count). The molecule has 1 fully saturated rings. The van der Waals surface area contributed by atoms with Crippen molar-refractivity contribution < 1.29 is 31.1 Å².